The van der Waals surface area contributed by atoms with Crippen molar-refractivity contribution < 1.29 is 17.6 Å². The number of hydrogen-bond donors (Lipinski definition) is 1. The molecule has 0 aliphatic carbocycles. The number of hydrogen-bond acceptors (Lipinski definition) is 4. The van der Waals surface area contributed by atoms with Gasteiger partial charge < -0.3 is 5.32 Å². The standard InChI is InChI=1S/C15H17FN4O3S/c1-17-15(21)8-12-10-19(9-11-6-7-18-20(11)12)24(22,23)14-5-3-2-4-13(14)16/h2-7,12H,8-10H2,1H3,(H,17,21)/t12-/m1/s1. The van der Waals surface area contributed by atoms with Crippen molar-refractivity contribution in [3.05, 3.63) is 48.0 Å². The van der Waals surface area contributed by atoms with E-state index in [0.29, 0.717) is 5.69 Å². The van der Waals surface area contributed by atoms with Crippen LogP contribution in [0.3, 0.4) is 0 Å². The quantitative estimate of drug-likeness (QED) is 0.886. The molecule has 0 saturated carbocycles. The van der Waals surface area contributed by atoms with Gasteiger partial charge in [0, 0.05) is 19.8 Å². The number of carbonyl (C=O) groups is 1. The molecular formula is C15H17FN4O3S. The van der Waals surface area contributed by atoms with Gasteiger partial charge in [0.1, 0.15) is 10.7 Å². The lowest BCUT2D eigenvalue weighted by atomic mass is 10.1. The molecule has 1 amide bonds. The first kappa shape index (κ1) is 16.6. The Kier molecular flexibility index (Phi) is 4.37. The van der Waals surface area contributed by atoms with Crippen molar-refractivity contribution in [3.63, 3.8) is 0 Å². The molecule has 0 fully saturated rings. The average Bonchev–Trinajstić information content (AvgIpc) is 3.03. The normalized spacial score (nSPS) is 18.2. The Bertz CT molecular complexity index is 865. The second kappa shape index (κ2) is 6.33. The zero-order valence-corrected chi connectivity index (χ0v) is 13.8. The van der Waals surface area contributed by atoms with E-state index in [1.807, 2.05) is 0 Å². The molecule has 0 bridgehead atoms. The molecule has 0 saturated heterocycles. The zero-order chi connectivity index (χ0) is 17.3. The van der Waals surface area contributed by atoms with Gasteiger partial charge in [-0.15, -0.1) is 0 Å². The maximum atomic E-state index is 14.0. The monoisotopic (exact) mass is 352 g/mol. The minimum absolute atomic E-state index is 0.0543. The lowest BCUT2D eigenvalue weighted by molar-refractivity contribution is -0.121. The molecule has 0 unspecified atom stereocenters. The van der Waals surface area contributed by atoms with Crippen molar-refractivity contribution in [2.75, 3.05) is 13.6 Å². The Hall–Kier alpha value is -2.26. The molecule has 2 aromatic rings. The van der Waals surface area contributed by atoms with Crippen molar-refractivity contribution in [2.24, 2.45) is 0 Å². The van der Waals surface area contributed by atoms with Crippen molar-refractivity contribution >= 4 is 15.9 Å². The predicted molar refractivity (Wildman–Crippen MR) is 83.9 cm³/mol. The number of rotatable bonds is 4. The summed E-state index contributed by atoms with van der Waals surface area (Å²) in [6.45, 7) is 0.139. The van der Waals surface area contributed by atoms with Crippen molar-refractivity contribution in [1.29, 1.82) is 0 Å². The van der Waals surface area contributed by atoms with Gasteiger partial charge in [-0.1, -0.05) is 12.1 Å². The number of carbonyl (C=O) groups excluding carboxylic acids is 1. The highest BCUT2D eigenvalue weighted by atomic mass is 32.2. The largest absolute Gasteiger partial charge is 0.359 e. The molecule has 1 aromatic heterocycles. The first-order chi connectivity index (χ1) is 11.4. The molecule has 1 aliphatic rings. The Morgan fingerprint density at radius 2 is 2.12 bits per heavy atom. The number of sulfonamides is 1. The maximum absolute atomic E-state index is 14.0. The van der Waals surface area contributed by atoms with Gasteiger partial charge >= 0.3 is 0 Å². The van der Waals surface area contributed by atoms with Gasteiger partial charge in [-0.3, -0.25) is 9.48 Å². The highest BCUT2D eigenvalue weighted by Crippen LogP contribution is 2.28. The van der Waals surface area contributed by atoms with Crippen LogP contribution < -0.4 is 5.32 Å². The van der Waals surface area contributed by atoms with Crippen LogP contribution in [0.4, 0.5) is 4.39 Å². The summed E-state index contributed by atoms with van der Waals surface area (Å²) in [6, 6.07) is 6.53. The highest BCUT2D eigenvalue weighted by molar-refractivity contribution is 7.89. The van der Waals surface area contributed by atoms with E-state index in [0.717, 1.165) is 6.07 Å². The van der Waals surface area contributed by atoms with Crippen LogP contribution >= 0.6 is 0 Å². The highest BCUT2D eigenvalue weighted by Gasteiger charge is 2.35. The predicted octanol–water partition coefficient (Wildman–Crippen LogP) is 0.904. The first-order valence-corrected chi connectivity index (χ1v) is 8.85. The van der Waals surface area contributed by atoms with Crippen LogP contribution in [0.5, 0.6) is 0 Å². The molecule has 0 radical (unpaired) electrons. The summed E-state index contributed by atoms with van der Waals surface area (Å²) < 4.78 is 42.4. The molecule has 1 aromatic carbocycles. The fraction of sp³-hybridized carbons (Fsp3) is 0.333. The molecule has 3 rings (SSSR count). The van der Waals surface area contributed by atoms with Gasteiger partial charge in [-0.2, -0.15) is 9.40 Å². The van der Waals surface area contributed by atoms with Gasteiger partial charge in [0.15, 0.2) is 0 Å². The number of halogens is 1. The van der Waals surface area contributed by atoms with Crippen molar-refractivity contribution in [1.82, 2.24) is 19.4 Å². The van der Waals surface area contributed by atoms with Crippen LogP contribution in [0.15, 0.2) is 41.4 Å². The molecule has 7 nitrogen and oxygen atoms in total. The summed E-state index contributed by atoms with van der Waals surface area (Å²) in [5.74, 6) is -1.01. The average molecular weight is 352 g/mol. The smallest absolute Gasteiger partial charge is 0.246 e. The second-order valence-corrected chi connectivity index (χ2v) is 7.43. The van der Waals surface area contributed by atoms with E-state index in [4.69, 9.17) is 0 Å². The van der Waals surface area contributed by atoms with Crippen LogP contribution in [-0.2, 0) is 21.4 Å². The van der Waals surface area contributed by atoms with E-state index in [9.17, 15) is 17.6 Å². The fourth-order valence-electron chi connectivity index (χ4n) is 2.80. The summed E-state index contributed by atoms with van der Waals surface area (Å²) in [5, 5.41) is 6.70. The molecule has 1 N–H and O–H groups in total. The topological polar surface area (TPSA) is 84.3 Å². The Morgan fingerprint density at radius 1 is 1.38 bits per heavy atom. The maximum Gasteiger partial charge on any atom is 0.246 e. The summed E-state index contributed by atoms with van der Waals surface area (Å²) in [6.07, 6.45) is 1.65. The number of fused-ring (bicyclic) bond motifs is 1. The van der Waals surface area contributed by atoms with Crippen LogP contribution in [0.25, 0.3) is 0 Å². The van der Waals surface area contributed by atoms with Crippen LogP contribution in [-0.4, -0.2) is 42.0 Å². The molecule has 1 atom stereocenters. The van der Waals surface area contributed by atoms with Gasteiger partial charge in [0.05, 0.1) is 24.7 Å². The van der Waals surface area contributed by atoms with Crippen LogP contribution in [0, 0.1) is 5.82 Å². The summed E-state index contributed by atoms with van der Waals surface area (Å²) in [4.78, 5) is 11.3. The lowest BCUT2D eigenvalue weighted by Crippen LogP contribution is -2.42. The molecule has 9 heteroatoms. The van der Waals surface area contributed by atoms with Gasteiger partial charge in [-0.05, 0) is 18.2 Å². The van der Waals surface area contributed by atoms with E-state index in [2.05, 4.69) is 10.4 Å². The SMILES string of the molecule is CNC(=O)C[C@@H]1CN(S(=O)(=O)c2ccccc2F)Cc2ccnn21. The molecule has 128 valence electrons. The van der Waals surface area contributed by atoms with Crippen LogP contribution in [0.2, 0.25) is 0 Å². The molecule has 1 aliphatic heterocycles. The third-order valence-corrected chi connectivity index (χ3v) is 5.85. The fourth-order valence-corrected chi connectivity index (χ4v) is 4.31. The summed E-state index contributed by atoms with van der Waals surface area (Å²) >= 11 is 0. The minimum Gasteiger partial charge on any atom is -0.359 e. The van der Waals surface area contributed by atoms with Crippen molar-refractivity contribution in [3.8, 4) is 0 Å². The Balaban J connectivity index is 1.96. The number of nitrogens with zero attached hydrogens (tertiary/aromatic N) is 3. The second-order valence-electron chi connectivity index (χ2n) is 5.53. The molecule has 0 spiro atoms. The molecular weight excluding hydrogens is 335 g/mol. The third kappa shape index (κ3) is 2.92. The van der Waals surface area contributed by atoms with Gasteiger partial charge in [0.25, 0.3) is 0 Å². The van der Waals surface area contributed by atoms with Crippen molar-refractivity contribution in [2.45, 2.75) is 23.9 Å². The van der Waals surface area contributed by atoms with Crippen LogP contribution in [0.1, 0.15) is 18.2 Å². The Labute approximate surface area is 139 Å². The van der Waals surface area contributed by atoms with E-state index < -0.39 is 21.9 Å². The van der Waals surface area contributed by atoms with E-state index in [1.165, 1.54) is 29.6 Å². The summed E-state index contributed by atoms with van der Waals surface area (Å²) in [7, 11) is -2.49. The number of benzene rings is 1. The van der Waals surface area contributed by atoms with E-state index >= 15 is 0 Å². The lowest BCUT2D eigenvalue weighted by Gasteiger charge is -2.32. The minimum atomic E-state index is -4.00. The molecule has 2 heterocycles. The van der Waals surface area contributed by atoms with E-state index in [-0.39, 0.29) is 30.3 Å². The summed E-state index contributed by atoms with van der Waals surface area (Å²) in [5.41, 5.74) is 0.662. The van der Waals surface area contributed by atoms with Gasteiger partial charge in [0.2, 0.25) is 15.9 Å². The van der Waals surface area contributed by atoms with Gasteiger partial charge in [-0.25, -0.2) is 12.8 Å². The molecule has 24 heavy (non-hydrogen) atoms. The number of nitrogens with one attached hydrogen (secondary N) is 1. The number of aromatic nitrogens is 2. The Morgan fingerprint density at radius 3 is 2.83 bits per heavy atom. The third-order valence-electron chi connectivity index (χ3n) is 4.01. The van der Waals surface area contributed by atoms with E-state index in [1.54, 1.807) is 16.9 Å². The first-order valence-electron chi connectivity index (χ1n) is 7.41. The zero-order valence-electron chi connectivity index (χ0n) is 13.0. The number of amides is 1.